The fraction of sp³-hybridized carbons (Fsp3) is 0.318. The number of fused-ring (bicyclic) bond motifs is 1. The number of rotatable bonds is 2. The molecule has 0 unspecified atom stereocenters. The van der Waals surface area contributed by atoms with Crippen LogP contribution in [-0.4, -0.2) is 13.1 Å². The van der Waals surface area contributed by atoms with E-state index in [0.717, 1.165) is 47.2 Å². The topological polar surface area (TPSA) is 27.0 Å². The Bertz CT molecular complexity index is 853. The van der Waals surface area contributed by atoms with Gasteiger partial charge in [0.2, 0.25) is 0 Å². The average molecular weight is 393 g/mol. The summed E-state index contributed by atoms with van der Waals surface area (Å²) < 4.78 is 1.09. The first-order valence-electron chi connectivity index (χ1n) is 9.05. The van der Waals surface area contributed by atoms with Crippen molar-refractivity contribution in [2.45, 2.75) is 32.1 Å². The van der Waals surface area contributed by atoms with E-state index in [9.17, 15) is 5.26 Å². The van der Waals surface area contributed by atoms with Gasteiger partial charge in [0.1, 0.15) is 6.07 Å². The van der Waals surface area contributed by atoms with Crippen molar-refractivity contribution in [2.24, 2.45) is 0 Å². The second-order valence-electron chi connectivity index (χ2n) is 6.82. The Balaban J connectivity index is 1.93. The van der Waals surface area contributed by atoms with Crippen LogP contribution >= 0.6 is 15.9 Å². The minimum Gasteiger partial charge on any atom is -0.370 e. The number of nitriles is 1. The minimum absolute atomic E-state index is 0.855. The number of piperidine rings is 1. The van der Waals surface area contributed by atoms with Crippen molar-refractivity contribution in [1.82, 2.24) is 0 Å². The van der Waals surface area contributed by atoms with Gasteiger partial charge in [0.05, 0.1) is 11.3 Å². The van der Waals surface area contributed by atoms with Gasteiger partial charge in [0, 0.05) is 17.6 Å². The summed E-state index contributed by atoms with van der Waals surface area (Å²) in [5.41, 5.74) is 6.94. The lowest BCUT2D eigenvalue weighted by atomic mass is 9.85. The maximum atomic E-state index is 9.89. The second-order valence-corrected chi connectivity index (χ2v) is 7.73. The highest BCUT2D eigenvalue weighted by atomic mass is 79.9. The molecule has 0 amide bonds. The maximum Gasteiger partial charge on any atom is 0.102 e. The van der Waals surface area contributed by atoms with Crippen LogP contribution in [0.2, 0.25) is 0 Å². The molecule has 2 aliphatic rings. The number of halogens is 1. The van der Waals surface area contributed by atoms with Crippen LogP contribution in [0.25, 0.3) is 17.2 Å². The van der Waals surface area contributed by atoms with Crippen LogP contribution in [0, 0.1) is 11.3 Å². The summed E-state index contributed by atoms with van der Waals surface area (Å²) in [5, 5.41) is 9.89. The first-order chi connectivity index (χ1) is 12.3. The molecule has 25 heavy (non-hydrogen) atoms. The van der Waals surface area contributed by atoms with E-state index < -0.39 is 0 Å². The third-order valence-electron chi connectivity index (χ3n) is 5.27. The van der Waals surface area contributed by atoms with Crippen molar-refractivity contribution in [3.05, 3.63) is 57.6 Å². The molecule has 3 heteroatoms. The van der Waals surface area contributed by atoms with Crippen LogP contribution in [0.3, 0.4) is 0 Å². The molecular weight excluding hydrogens is 372 g/mol. The number of hydrogen-bond acceptors (Lipinski definition) is 2. The first-order valence-corrected chi connectivity index (χ1v) is 9.84. The smallest absolute Gasteiger partial charge is 0.102 e. The van der Waals surface area contributed by atoms with Crippen molar-refractivity contribution in [3.8, 4) is 17.2 Å². The van der Waals surface area contributed by atoms with Crippen LogP contribution in [0.4, 0.5) is 5.69 Å². The van der Waals surface area contributed by atoms with E-state index in [1.807, 2.05) is 0 Å². The summed E-state index contributed by atoms with van der Waals surface area (Å²) >= 11 is 3.53. The largest absolute Gasteiger partial charge is 0.370 e. The molecule has 2 nitrogen and oxygen atoms in total. The Labute approximate surface area is 157 Å². The van der Waals surface area contributed by atoms with Crippen molar-refractivity contribution in [1.29, 1.82) is 5.26 Å². The highest BCUT2D eigenvalue weighted by molar-refractivity contribution is 9.10. The molecule has 2 aromatic carbocycles. The van der Waals surface area contributed by atoms with E-state index in [1.54, 1.807) is 0 Å². The van der Waals surface area contributed by atoms with Crippen LogP contribution in [0.1, 0.15) is 42.4 Å². The van der Waals surface area contributed by atoms with E-state index >= 15 is 0 Å². The maximum absolute atomic E-state index is 9.89. The highest BCUT2D eigenvalue weighted by Crippen LogP contribution is 2.39. The zero-order valence-corrected chi connectivity index (χ0v) is 15.8. The van der Waals surface area contributed by atoms with Crippen LogP contribution in [0.15, 0.2) is 40.9 Å². The van der Waals surface area contributed by atoms with E-state index in [4.69, 9.17) is 0 Å². The zero-order chi connectivity index (χ0) is 17.2. The van der Waals surface area contributed by atoms with E-state index in [-0.39, 0.29) is 0 Å². The van der Waals surface area contributed by atoms with Gasteiger partial charge in [-0.05, 0) is 72.6 Å². The summed E-state index contributed by atoms with van der Waals surface area (Å²) in [5.74, 6) is 0. The van der Waals surface area contributed by atoms with Crippen LogP contribution in [-0.2, 0) is 6.42 Å². The molecule has 4 rings (SSSR count). The molecule has 0 atom stereocenters. The molecule has 0 saturated carbocycles. The van der Waals surface area contributed by atoms with Crippen molar-refractivity contribution >= 4 is 27.7 Å². The minimum atomic E-state index is 0.855. The average Bonchev–Trinajstić information content (AvgIpc) is 2.68. The lowest BCUT2D eigenvalue weighted by molar-refractivity contribution is 0.577. The first kappa shape index (κ1) is 16.4. The Kier molecular flexibility index (Phi) is 4.63. The molecule has 1 aliphatic carbocycles. The predicted molar refractivity (Wildman–Crippen MR) is 108 cm³/mol. The van der Waals surface area contributed by atoms with Gasteiger partial charge in [-0.25, -0.2) is 0 Å². The molecule has 0 aromatic heterocycles. The lowest BCUT2D eigenvalue weighted by Crippen LogP contribution is -2.30. The molecule has 0 N–H and O–H groups in total. The molecule has 1 heterocycles. The van der Waals surface area contributed by atoms with Gasteiger partial charge in [-0.3, -0.25) is 0 Å². The molecule has 1 saturated heterocycles. The highest BCUT2D eigenvalue weighted by Gasteiger charge is 2.23. The zero-order valence-electron chi connectivity index (χ0n) is 14.3. The number of nitrogens with zero attached hydrogens (tertiary/aromatic N) is 2. The predicted octanol–water partition coefficient (Wildman–Crippen LogP) is 5.94. The van der Waals surface area contributed by atoms with Crippen LogP contribution < -0.4 is 4.90 Å². The van der Waals surface area contributed by atoms with E-state index in [1.165, 1.54) is 36.0 Å². The Morgan fingerprint density at radius 2 is 1.80 bits per heavy atom. The van der Waals surface area contributed by atoms with Gasteiger partial charge in [0.15, 0.2) is 0 Å². The summed E-state index contributed by atoms with van der Waals surface area (Å²) in [7, 11) is 0. The SMILES string of the molecule is N#Cc1c(N2CCCCC2)cc(-c2ccc(Br)cc2)c2c1C=CCC2. The normalized spacial score (nSPS) is 16.4. The van der Waals surface area contributed by atoms with Gasteiger partial charge >= 0.3 is 0 Å². The molecular formula is C22H21BrN2. The van der Waals surface area contributed by atoms with Gasteiger partial charge in [-0.15, -0.1) is 0 Å². The third-order valence-corrected chi connectivity index (χ3v) is 5.79. The van der Waals surface area contributed by atoms with Gasteiger partial charge in [-0.2, -0.15) is 5.26 Å². The van der Waals surface area contributed by atoms with Crippen molar-refractivity contribution < 1.29 is 0 Å². The number of hydrogen-bond donors (Lipinski definition) is 0. The molecule has 126 valence electrons. The van der Waals surface area contributed by atoms with Crippen molar-refractivity contribution in [2.75, 3.05) is 18.0 Å². The number of allylic oxidation sites excluding steroid dienone is 1. The Morgan fingerprint density at radius 3 is 2.52 bits per heavy atom. The standard InChI is InChI=1S/C22H21BrN2/c23-17-10-8-16(9-11-17)20-14-22(25-12-4-1-5-13-25)21(15-24)19-7-3-2-6-18(19)20/h3,7-11,14H,1-2,4-6,12-13H2. The van der Waals surface area contributed by atoms with Crippen molar-refractivity contribution in [3.63, 3.8) is 0 Å². The Morgan fingerprint density at radius 1 is 1.04 bits per heavy atom. The van der Waals surface area contributed by atoms with E-state index in [2.05, 4.69) is 69.4 Å². The molecule has 0 spiro atoms. The molecule has 0 radical (unpaired) electrons. The second kappa shape index (κ2) is 7.06. The fourth-order valence-electron chi connectivity index (χ4n) is 4.00. The molecule has 0 bridgehead atoms. The summed E-state index contributed by atoms with van der Waals surface area (Å²) in [6, 6.07) is 13.3. The monoisotopic (exact) mass is 392 g/mol. The van der Waals surface area contributed by atoms with Crippen LogP contribution in [0.5, 0.6) is 0 Å². The summed E-state index contributed by atoms with van der Waals surface area (Å²) in [4.78, 5) is 2.41. The molecule has 2 aromatic rings. The van der Waals surface area contributed by atoms with Gasteiger partial charge < -0.3 is 4.90 Å². The van der Waals surface area contributed by atoms with E-state index in [0.29, 0.717) is 0 Å². The number of benzene rings is 2. The summed E-state index contributed by atoms with van der Waals surface area (Å²) in [6.07, 6.45) is 10.1. The Hall–Kier alpha value is -2.05. The summed E-state index contributed by atoms with van der Waals surface area (Å²) in [6.45, 7) is 2.11. The van der Waals surface area contributed by atoms with Gasteiger partial charge in [-0.1, -0.05) is 40.2 Å². The quantitative estimate of drug-likeness (QED) is 0.632. The lowest BCUT2D eigenvalue weighted by Gasteiger charge is -2.32. The number of anilines is 1. The fourth-order valence-corrected chi connectivity index (χ4v) is 4.27. The third kappa shape index (κ3) is 3.12. The molecule has 1 aliphatic heterocycles. The van der Waals surface area contributed by atoms with Gasteiger partial charge in [0.25, 0.3) is 0 Å². The molecule has 1 fully saturated rings.